The number of aliphatic carboxylic acids is 1. The maximum Gasteiger partial charge on any atom is 0.328 e. The molecule has 5 heteroatoms. The fourth-order valence-electron chi connectivity index (χ4n) is 0.256. The molecule has 56 valence electrons. The summed E-state index contributed by atoms with van der Waals surface area (Å²) >= 11 is 0. The molecule has 0 aromatic heterocycles. The Balaban J connectivity index is 3.82. The zero-order chi connectivity index (χ0) is 7.98. The monoisotopic (exact) mass is 145 g/mol. The number of rotatable bonds is 3. The topological polar surface area (TPSA) is 72.6 Å². The predicted molar refractivity (Wildman–Crippen MR) is 33.5 cm³/mol. The zero-order valence-corrected chi connectivity index (χ0v) is 5.35. The van der Waals surface area contributed by atoms with Gasteiger partial charge in [0.2, 0.25) is 6.21 Å². The second-order valence-corrected chi connectivity index (χ2v) is 1.31. The van der Waals surface area contributed by atoms with Crippen molar-refractivity contribution in [3.05, 3.63) is 17.4 Å². The fraction of sp³-hybridized carbons (Fsp3) is 0.200. The summed E-state index contributed by atoms with van der Waals surface area (Å²) in [6.45, 7) is 0. The van der Waals surface area contributed by atoms with Crippen LogP contribution in [0.3, 0.4) is 0 Å². The fourth-order valence-corrected chi connectivity index (χ4v) is 0.256. The van der Waals surface area contributed by atoms with Gasteiger partial charge < -0.3 is 9.94 Å². The standard InChI is InChI=1S/C5H7NO4/c1-10-6(9)4-2-3-5(7)8/h2-4H,1H3,(H,7,8)/b3-2+,6-4?. The SMILES string of the molecule is CO[N+]([O-])=C/C=C/C(=O)O. The van der Waals surface area contributed by atoms with Crippen molar-refractivity contribution in [1.82, 2.24) is 0 Å². The number of hydrogen-bond donors (Lipinski definition) is 1. The van der Waals surface area contributed by atoms with E-state index in [-0.39, 0.29) is 4.90 Å². The van der Waals surface area contributed by atoms with Gasteiger partial charge in [-0.3, -0.25) is 5.21 Å². The Morgan fingerprint density at radius 3 is 2.80 bits per heavy atom. The van der Waals surface area contributed by atoms with Crippen LogP contribution < -0.4 is 0 Å². The molecule has 0 aliphatic carbocycles. The first-order valence-corrected chi connectivity index (χ1v) is 2.41. The molecule has 0 heterocycles. The summed E-state index contributed by atoms with van der Waals surface area (Å²) in [5.41, 5.74) is 0. The highest BCUT2D eigenvalue weighted by molar-refractivity contribution is 5.85. The molecule has 0 aliphatic heterocycles. The van der Waals surface area contributed by atoms with Crippen molar-refractivity contribution in [2.75, 3.05) is 7.11 Å². The molecule has 0 radical (unpaired) electrons. The van der Waals surface area contributed by atoms with Crippen molar-refractivity contribution < 1.29 is 19.6 Å². The van der Waals surface area contributed by atoms with Crippen LogP contribution in [0.2, 0.25) is 0 Å². The number of nitrogens with zero attached hydrogens (tertiary/aromatic N) is 1. The van der Waals surface area contributed by atoms with Crippen molar-refractivity contribution in [2.45, 2.75) is 0 Å². The van der Waals surface area contributed by atoms with E-state index in [0.29, 0.717) is 0 Å². The van der Waals surface area contributed by atoms with Gasteiger partial charge in [-0.1, -0.05) is 0 Å². The largest absolute Gasteiger partial charge is 0.478 e. The lowest BCUT2D eigenvalue weighted by Gasteiger charge is -1.91. The number of hydrogen-bond acceptors (Lipinski definition) is 3. The Bertz CT molecular complexity index is 172. The third kappa shape index (κ3) is 4.63. The summed E-state index contributed by atoms with van der Waals surface area (Å²) in [7, 11) is 1.18. The lowest BCUT2D eigenvalue weighted by molar-refractivity contribution is -0.729. The summed E-state index contributed by atoms with van der Waals surface area (Å²) in [5.74, 6) is -1.11. The van der Waals surface area contributed by atoms with Crippen molar-refractivity contribution in [2.24, 2.45) is 0 Å². The predicted octanol–water partition coefficient (Wildman–Crippen LogP) is -0.230. The minimum atomic E-state index is -1.11. The van der Waals surface area contributed by atoms with Crippen LogP contribution >= 0.6 is 0 Å². The lowest BCUT2D eigenvalue weighted by Crippen LogP contribution is -2.00. The van der Waals surface area contributed by atoms with Crippen molar-refractivity contribution in [3.63, 3.8) is 0 Å². The maximum atomic E-state index is 10.2. The minimum Gasteiger partial charge on any atom is -0.478 e. The van der Waals surface area contributed by atoms with Gasteiger partial charge in [0, 0.05) is 24.2 Å². The molecule has 0 spiro atoms. The average Bonchev–Trinajstić information content (AvgIpc) is 1.87. The van der Waals surface area contributed by atoms with E-state index in [1.165, 1.54) is 7.11 Å². The van der Waals surface area contributed by atoms with Gasteiger partial charge in [-0.15, -0.1) is 0 Å². The van der Waals surface area contributed by atoms with E-state index >= 15 is 0 Å². The van der Waals surface area contributed by atoms with E-state index in [1.54, 1.807) is 0 Å². The molecule has 0 fully saturated rings. The Morgan fingerprint density at radius 1 is 1.80 bits per heavy atom. The van der Waals surface area contributed by atoms with Crippen LogP contribution in [0.15, 0.2) is 12.2 Å². The van der Waals surface area contributed by atoms with Crippen LogP contribution in [0.5, 0.6) is 0 Å². The van der Waals surface area contributed by atoms with E-state index in [0.717, 1.165) is 18.4 Å². The Morgan fingerprint density at radius 2 is 2.40 bits per heavy atom. The van der Waals surface area contributed by atoms with Gasteiger partial charge >= 0.3 is 5.97 Å². The van der Waals surface area contributed by atoms with Gasteiger partial charge in [-0.25, -0.2) is 4.79 Å². The quantitative estimate of drug-likeness (QED) is 0.257. The molecule has 0 saturated carbocycles. The molecule has 5 nitrogen and oxygen atoms in total. The van der Waals surface area contributed by atoms with Crippen LogP contribution in [0.25, 0.3) is 0 Å². The molecular weight excluding hydrogens is 138 g/mol. The van der Waals surface area contributed by atoms with Gasteiger partial charge in [-0.2, -0.15) is 0 Å². The number of carboxylic acids is 1. The molecule has 0 bridgehead atoms. The highest BCUT2D eigenvalue weighted by Crippen LogP contribution is 1.70. The van der Waals surface area contributed by atoms with Gasteiger partial charge in [0.15, 0.2) is 0 Å². The van der Waals surface area contributed by atoms with Crippen molar-refractivity contribution in [1.29, 1.82) is 0 Å². The number of carbonyl (C=O) groups is 1. The second-order valence-electron chi connectivity index (χ2n) is 1.31. The molecule has 0 aliphatic rings. The third-order valence-corrected chi connectivity index (χ3v) is 0.627. The Hall–Kier alpha value is -1.52. The van der Waals surface area contributed by atoms with Crippen LogP contribution in [0, 0.1) is 5.21 Å². The van der Waals surface area contributed by atoms with Crippen LogP contribution in [-0.4, -0.2) is 29.3 Å². The summed E-state index contributed by atoms with van der Waals surface area (Å²) in [4.78, 5) is 14.0. The lowest BCUT2D eigenvalue weighted by atomic mass is 10.5. The number of allylic oxidation sites excluding steroid dienone is 1. The molecule has 0 saturated heterocycles. The third-order valence-electron chi connectivity index (χ3n) is 0.627. The van der Waals surface area contributed by atoms with Crippen molar-refractivity contribution in [3.8, 4) is 0 Å². The van der Waals surface area contributed by atoms with Gasteiger partial charge in [0.25, 0.3) is 0 Å². The second kappa shape index (κ2) is 4.37. The maximum absolute atomic E-state index is 10.2. The highest BCUT2D eigenvalue weighted by Gasteiger charge is 1.85. The normalized spacial score (nSPS) is 11.9. The first-order chi connectivity index (χ1) is 4.66. The summed E-state index contributed by atoms with van der Waals surface area (Å²) in [5, 5.41) is 18.2. The average molecular weight is 145 g/mol. The summed E-state index contributed by atoms with van der Waals surface area (Å²) < 4.78 is 0. The number of carboxylic acid groups (broad SMARTS) is 1. The molecule has 1 N–H and O–H groups in total. The molecular formula is C5H7NO4. The van der Waals surface area contributed by atoms with Crippen LogP contribution in [-0.2, 0) is 9.63 Å². The van der Waals surface area contributed by atoms with E-state index in [9.17, 15) is 10.0 Å². The zero-order valence-electron chi connectivity index (χ0n) is 5.35. The van der Waals surface area contributed by atoms with Crippen LogP contribution in [0.1, 0.15) is 0 Å². The molecule has 0 aromatic rings. The molecule has 0 unspecified atom stereocenters. The van der Waals surface area contributed by atoms with Gasteiger partial charge in [-0.05, 0) is 0 Å². The molecule has 0 amide bonds. The summed E-state index contributed by atoms with van der Waals surface area (Å²) in [6, 6.07) is 0. The smallest absolute Gasteiger partial charge is 0.328 e. The van der Waals surface area contributed by atoms with Crippen molar-refractivity contribution >= 4 is 12.2 Å². The van der Waals surface area contributed by atoms with Crippen LogP contribution in [0.4, 0.5) is 0 Å². The van der Waals surface area contributed by atoms with Gasteiger partial charge in [0.05, 0.1) is 0 Å². The van der Waals surface area contributed by atoms with E-state index in [4.69, 9.17) is 5.11 Å². The minimum absolute atomic E-state index is 0.138. The van der Waals surface area contributed by atoms with E-state index in [1.807, 2.05) is 0 Å². The van der Waals surface area contributed by atoms with E-state index < -0.39 is 5.97 Å². The molecule has 0 atom stereocenters. The van der Waals surface area contributed by atoms with Gasteiger partial charge in [0.1, 0.15) is 0 Å². The first-order valence-electron chi connectivity index (χ1n) is 2.41. The Kier molecular flexibility index (Phi) is 3.70. The highest BCUT2D eigenvalue weighted by atomic mass is 16.8. The molecule has 10 heavy (non-hydrogen) atoms. The molecule has 0 rings (SSSR count). The Labute approximate surface area is 57.4 Å². The molecule has 0 aromatic carbocycles. The first kappa shape index (κ1) is 8.48. The summed E-state index contributed by atoms with van der Waals surface area (Å²) in [6.07, 6.45) is 2.83. The van der Waals surface area contributed by atoms with E-state index in [2.05, 4.69) is 4.84 Å².